The molecule has 1 heterocycles. The van der Waals surface area contributed by atoms with Crippen molar-refractivity contribution < 1.29 is 4.74 Å². The minimum atomic E-state index is 0.124. The Balaban J connectivity index is 2.99. The molecule has 0 aliphatic heterocycles. The van der Waals surface area contributed by atoms with Crippen molar-refractivity contribution in [2.75, 3.05) is 13.2 Å². The summed E-state index contributed by atoms with van der Waals surface area (Å²) in [6.07, 6.45) is 1.34. The molecule has 0 bridgehead atoms. The van der Waals surface area contributed by atoms with E-state index in [2.05, 4.69) is 59.0 Å². The third-order valence-electron chi connectivity index (χ3n) is 3.18. The van der Waals surface area contributed by atoms with E-state index in [0.29, 0.717) is 6.04 Å². The average Bonchev–Trinajstić information content (AvgIpc) is 2.73. The molecule has 0 radical (unpaired) electrons. The predicted molar refractivity (Wildman–Crippen MR) is 85.0 cm³/mol. The zero-order valence-corrected chi connectivity index (χ0v) is 14.1. The van der Waals surface area contributed by atoms with Crippen LogP contribution < -0.4 is 5.32 Å². The summed E-state index contributed by atoms with van der Waals surface area (Å²) in [6.45, 7) is 15.0. The summed E-state index contributed by atoms with van der Waals surface area (Å²) in [5.74, 6) is 0. The van der Waals surface area contributed by atoms with Gasteiger partial charge in [-0.05, 0) is 44.4 Å². The van der Waals surface area contributed by atoms with Crippen LogP contribution in [0.25, 0.3) is 0 Å². The third kappa shape index (κ3) is 4.90. The second-order valence-corrected chi connectivity index (χ2v) is 7.44. The second-order valence-electron chi connectivity index (χ2n) is 6.12. The quantitative estimate of drug-likeness (QED) is 0.792. The molecule has 0 aliphatic rings. The molecule has 0 spiro atoms. The van der Waals surface area contributed by atoms with Gasteiger partial charge in [0.15, 0.2) is 0 Å². The fraction of sp³-hybridized carbons (Fsp3) is 0.750. The maximum absolute atomic E-state index is 6.07. The fourth-order valence-corrected chi connectivity index (χ4v) is 3.28. The van der Waals surface area contributed by atoms with E-state index in [1.54, 1.807) is 0 Å². The number of nitrogens with one attached hydrogen (secondary N) is 1. The molecule has 1 rings (SSSR count). The molecule has 110 valence electrons. The summed E-state index contributed by atoms with van der Waals surface area (Å²) in [5, 5.41) is 3.68. The van der Waals surface area contributed by atoms with Gasteiger partial charge in [0.2, 0.25) is 0 Å². The Labute approximate surface area is 122 Å². The Morgan fingerprint density at radius 2 is 1.95 bits per heavy atom. The summed E-state index contributed by atoms with van der Waals surface area (Å²) in [5.41, 5.74) is 0.124. The van der Waals surface area contributed by atoms with Gasteiger partial charge in [-0.3, -0.25) is 0 Å². The van der Waals surface area contributed by atoms with Crippen LogP contribution in [0.4, 0.5) is 0 Å². The number of ether oxygens (including phenoxy) is 1. The molecular formula is C16H29NOS. The van der Waals surface area contributed by atoms with Gasteiger partial charge >= 0.3 is 0 Å². The molecular weight excluding hydrogens is 254 g/mol. The van der Waals surface area contributed by atoms with Gasteiger partial charge in [0, 0.05) is 16.4 Å². The van der Waals surface area contributed by atoms with E-state index >= 15 is 0 Å². The predicted octanol–water partition coefficient (Wildman–Crippen LogP) is 4.55. The monoisotopic (exact) mass is 283 g/mol. The number of hydrogen-bond acceptors (Lipinski definition) is 3. The van der Waals surface area contributed by atoms with Gasteiger partial charge in [0.1, 0.15) is 0 Å². The largest absolute Gasteiger partial charge is 0.376 e. The number of hydrogen-bond donors (Lipinski definition) is 1. The molecule has 0 saturated carbocycles. The molecule has 1 aromatic heterocycles. The first-order valence-electron chi connectivity index (χ1n) is 7.31. The molecule has 0 fully saturated rings. The van der Waals surface area contributed by atoms with Crippen molar-refractivity contribution in [1.82, 2.24) is 5.32 Å². The standard InChI is InChI=1S/C16H29NOS/c1-7-11-17-14(13-10-9-12(3)19-13)15(18-8-2)16(4,5)6/h9-10,14-15,17H,7-8,11H2,1-6H3. The van der Waals surface area contributed by atoms with E-state index in [1.807, 2.05) is 11.3 Å². The van der Waals surface area contributed by atoms with E-state index in [0.717, 1.165) is 19.6 Å². The van der Waals surface area contributed by atoms with Crippen molar-refractivity contribution in [2.24, 2.45) is 5.41 Å². The van der Waals surface area contributed by atoms with Crippen LogP contribution in [0.3, 0.4) is 0 Å². The molecule has 3 heteroatoms. The molecule has 2 unspecified atom stereocenters. The highest BCUT2D eigenvalue weighted by molar-refractivity contribution is 7.12. The summed E-state index contributed by atoms with van der Waals surface area (Å²) >= 11 is 1.87. The van der Waals surface area contributed by atoms with E-state index in [9.17, 15) is 0 Å². The van der Waals surface area contributed by atoms with Crippen LogP contribution in [0.1, 0.15) is 56.8 Å². The molecule has 2 nitrogen and oxygen atoms in total. The van der Waals surface area contributed by atoms with Crippen LogP contribution in [0.2, 0.25) is 0 Å². The lowest BCUT2D eigenvalue weighted by molar-refractivity contribution is -0.0358. The van der Waals surface area contributed by atoms with Crippen LogP contribution in [0.5, 0.6) is 0 Å². The highest BCUT2D eigenvalue weighted by Crippen LogP contribution is 2.35. The number of rotatable bonds is 7. The lowest BCUT2D eigenvalue weighted by Crippen LogP contribution is -2.42. The van der Waals surface area contributed by atoms with Gasteiger partial charge in [-0.25, -0.2) is 0 Å². The molecule has 0 amide bonds. The van der Waals surface area contributed by atoms with Gasteiger partial charge in [0.25, 0.3) is 0 Å². The van der Waals surface area contributed by atoms with Crippen molar-refractivity contribution in [3.8, 4) is 0 Å². The topological polar surface area (TPSA) is 21.3 Å². The van der Waals surface area contributed by atoms with Crippen molar-refractivity contribution in [2.45, 2.75) is 60.1 Å². The third-order valence-corrected chi connectivity index (χ3v) is 4.27. The Kier molecular flexibility index (Phi) is 6.51. The van der Waals surface area contributed by atoms with Crippen molar-refractivity contribution >= 4 is 11.3 Å². The molecule has 1 aromatic rings. The maximum Gasteiger partial charge on any atom is 0.0825 e. The Morgan fingerprint density at radius 3 is 2.37 bits per heavy atom. The minimum Gasteiger partial charge on any atom is -0.376 e. The lowest BCUT2D eigenvalue weighted by Gasteiger charge is -2.37. The smallest absolute Gasteiger partial charge is 0.0825 e. The van der Waals surface area contributed by atoms with Gasteiger partial charge < -0.3 is 10.1 Å². The highest BCUT2D eigenvalue weighted by Gasteiger charge is 2.34. The normalized spacial score (nSPS) is 15.5. The number of aryl methyl sites for hydroxylation is 1. The summed E-state index contributed by atoms with van der Waals surface area (Å²) in [7, 11) is 0. The SMILES string of the molecule is CCCNC(c1ccc(C)s1)C(OCC)C(C)(C)C. The van der Waals surface area contributed by atoms with Crippen LogP contribution in [-0.4, -0.2) is 19.3 Å². The lowest BCUT2D eigenvalue weighted by atomic mass is 9.83. The van der Waals surface area contributed by atoms with Gasteiger partial charge in [-0.2, -0.15) is 0 Å². The summed E-state index contributed by atoms with van der Waals surface area (Å²) < 4.78 is 6.07. The highest BCUT2D eigenvalue weighted by atomic mass is 32.1. The Bertz CT molecular complexity index is 367. The van der Waals surface area contributed by atoms with Crippen molar-refractivity contribution in [1.29, 1.82) is 0 Å². The van der Waals surface area contributed by atoms with E-state index in [1.165, 1.54) is 9.75 Å². The Morgan fingerprint density at radius 1 is 1.26 bits per heavy atom. The molecule has 0 aromatic carbocycles. The van der Waals surface area contributed by atoms with Crippen LogP contribution in [0.15, 0.2) is 12.1 Å². The van der Waals surface area contributed by atoms with Crippen LogP contribution in [-0.2, 0) is 4.74 Å². The summed E-state index contributed by atoms with van der Waals surface area (Å²) in [4.78, 5) is 2.75. The molecule has 0 aliphatic carbocycles. The zero-order valence-electron chi connectivity index (χ0n) is 13.2. The minimum absolute atomic E-state index is 0.124. The average molecular weight is 283 g/mol. The molecule has 1 N–H and O–H groups in total. The molecule has 19 heavy (non-hydrogen) atoms. The van der Waals surface area contributed by atoms with Gasteiger partial charge in [-0.1, -0.05) is 27.7 Å². The molecule has 0 saturated heterocycles. The van der Waals surface area contributed by atoms with Crippen LogP contribution in [0, 0.1) is 12.3 Å². The number of thiophene rings is 1. The fourth-order valence-electron chi connectivity index (χ4n) is 2.30. The van der Waals surface area contributed by atoms with Crippen LogP contribution >= 0.6 is 11.3 Å². The summed E-state index contributed by atoms with van der Waals surface area (Å²) in [6, 6.07) is 4.73. The maximum atomic E-state index is 6.07. The van der Waals surface area contributed by atoms with E-state index < -0.39 is 0 Å². The first kappa shape index (κ1) is 16.7. The first-order valence-corrected chi connectivity index (χ1v) is 8.13. The molecule has 2 atom stereocenters. The van der Waals surface area contributed by atoms with Gasteiger partial charge in [0.05, 0.1) is 12.1 Å². The Hall–Kier alpha value is -0.380. The first-order chi connectivity index (χ1) is 8.90. The van der Waals surface area contributed by atoms with Crippen molar-refractivity contribution in [3.63, 3.8) is 0 Å². The van der Waals surface area contributed by atoms with Crippen molar-refractivity contribution in [3.05, 3.63) is 21.9 Å². The van der Waals surface area contributed by atoms with Gasteiger partial charge in [-0.15, -0.1) is 11.3 Å². The zero-order chi connectivity index (χ0) is 14.5. The second kappa shape index (κ2) is 7.41. The van der Waals surface area contributed by atoms with E-state index in [-0.39, 0.29) is 11.5 Å². The van der Waals surface area contributed by atoms with E-state index in [4.69, 9.17) is 4.74 Å².